The second kappa shape index (κ2) is 13.3. The first-order valence-electron chi connectivity index (χ1n) is 16.5. The van der Waals surface area contributed by atoms with E-state index in [0.29, 0.717) is 0 Å². The van der Waals surface area contributed by atoms with Gasteiger partial charge in [0.15, 0.2) is 5.82 Å². The lowest BCUT2D eigenvalue weighted by atomic mass is 9.99. The number of fused-ring (bicyclic) bond motifs is 1. The Labute approximate surface area is 294 Å². The average Bonchev–Trinajstić information content (AvgIpc) is 3.70. The molecule has 1 aliphatic carbocycles. The van der Waals surface area contributed by atoms with E-state index in [1.807, 2.05) is 0 Å². The third-order valence-corrected chi connectivity index (χ3v) is 10.1. The molecule has 3 aromatic heterocycles. The van der Waals surface area contributed by atoms with E-state index in [2.05, 4.69) is 36.8 Å². The number of aromatic nitrogens is 5. The van der Waals surface area contributed by atoms with Crippen molar-refractivity contribution in [3.63, 3.8) is 0 Å². The number of nitrogens with zero attached hydrogens (tertiary/aromatic N) is 9. The van der Waals surface area contributed by atoms with Crippen LogP contribution in [0.5, 0.6) is 6.01 Å². The highest BCUT2D eigenvalue weighted by Crippen LogP contribution is 2.47. The number of pyridine rings is 1. The van der Waals surface area contributed by atoms with Crippen LogP contribution in [0.4, 0.5) is 38.4 Å². The number of carbonyl (C=O) groups excluding carboxylic acids is 1. The Morgan fingerprint density at radius 2 is 1.73 bits per heavy atom. The molecule has 2 aliphatic heterocycles. The van der Waals surface area contributed by atoms with E-state index in [1.54, 1.807) is 4.90 Å². The maximum atomic E-state index is 16.8. The lowest BCUT2D eigenvalue weighted by Crippen LogP contribution is -2.50. The standard InChI is InChI=1S/C33H36ClF5N10O2/c1-19-13-23(40)42-28(25(19)33(37,38)39)24-21(34)14-20-27(26(24)36)43-30(51-17-32(3-4-32)16-46-7-5-45(2)6-8-46)44-29(20)47-9-11-48(12-10-47)31(50)49-15-22(35)41-18-49/h13-15,18H,3-12,16-17H2,1-2H3,(H2,40,42). The van der Waals surface area contributed by atoms with E-state index in [1.165, 1.54) is 17.9 Å². The molecular weight excluding hydrogens is 699 g/mol. The summed E-state index contributed by atoms with van der Waals surface area (Å²) in [6.07, 6.45) is -0.949. The number of halogens is 6. The van der Waals surface area contributed by atoms with Gasteiger partial charge < -0.3 is 30.1 Å². The molecule has 0 atom stereocenters. The normalized spacial score (nSPS) is 18.4. The summed E-state index contributed by atoms with van der Waals surface area (Å²) < 4.78 is 80.4. The van der Waals surface area contributed by atoms with Gasteiger partial charge >= 0.3 is 18.2 Å². The molecule has 3 fully saturated rings. The van der Waals surface area contributed by atoms with Gasteiger partial charge in [-0.2, -0.15) is 27.5 Å². The summed E-state index contributed by atoms with van der Waals surface area (Å²) in [7, 11) is 2.09. The molecule has 272 valence electrons. The first-order chi connectivity index (χ1) is 24.2. The van der Waals surface area contributed by atoms with Crippen LogP contribution in [0.2, 0.25) is 5.02 Å². The Kier molecular flexibility index (Phi) is 9.16. The number of rotatable bonds is 7. The first-order valence-corrected chi connectivity index (χ1v) is 16.9. The average molecular weight is 735 g/mol. The molecular formula is C33H36ClF5N10O2. The van der Waals surface area contributed by atoms with Crippen LogP contribution in [0.25, 0.3) is 22.2 Å². The zero-order valence-electron chi connectivity index (χ0n) is 28.0. The van der Waals surface area contributed by atoms with E-state index in [9.17, 15) is 22.4 Å². The van der Waals surface area contributed by atoms with Crippen LogP contribution in [0.3, 0.4) is 0 Å². The fourth-order valence-corrected chi connectivity index (χ4v) is 7.10. The maximum absolute atomic E-state index is 16.8. The van der Waals surface area contributed by atoms with Gasteiger partial charge in [-0.15, -0.1) is 0 Å². The number of amides is 1. The Hall–Kier alpha value is -4.35. The number of aryl methyl sites for hydroxylation is 1. The molecule has 3 aliphatic rings. The number of hydrogen-bond acceptors (Lipinski definition) is 10. The molecule has 4 aromatic rings. The summed E-state index contributed by atoms with van der Waals surface area (Å²) in [5, 5.41) is -0.209. The van der Waals surface area contributed by atoms with Crippen LogP contribution in [0, 0.1) is 24.1 Å². The number of imidazole rings is 1. The molecule has 0 unspecified atom stereocenters. The molecule has 2 N–H and O–H groups in total. The van der Waals surface area contributed by atoms with Crippen molar-refractivity contribution < 1.29 is 31.5 Å². The molecule has 0 radical (unpaired) electrons. The third kappa shape index (κ3) is 7.10. The molecule has 7 rings (SSSR count). The second-order valence-corrected chi connectivity index (χ2v) is 14.0. The van der Waals surface area contributed by atoms with Gasteiger partial charge in [-0.3, -0.25) is 4.57 Å². The lowest BCUT2D eigenvalue weighted by molar-refractivity contribution is -0.137. The van der Waals surface area contributed by atoms with E-state index in [4.69, 9.17) is 22.1 Å². The summed E-state index contributed by atoms with van der Waals surface area (Å²) in [6.45, 7) is 6.98. The minimum Gasteiger partial charge on any atom is -0.463 e. The number of carbonyl (C=O) groups is 1. The van der Waals surface area contributed by atoms with Gasteiger partial charge in [0, 0.05) is 69.7 Å². The molecule has 0 bridgehead atoms. The molecule has 0 spiro atoms. The van der Waals surface area contributed by atoms with Crippen LogP contribution in [0.1, 0.15) is 24.0 Å². The van der Waals surface area contributed by atoms with Crippen molar-refractivity contribution in [2.24, 2.45) is 5.41 Å². The van der Waals surface area contributed by atoms with Gasteiger partial charge in [-0.05, 0) is 44.5 Å². The number of likely N-dealkylation sites (N-methyl/N-ethyl adjacent to an activating group) is 1. The van der Waals surface area contributed by atoms with Crippen LogP contribution >= 0.6 is 11.6 Å². The Bertz CT molecular complexity index is 1970. The van der Waals surface area contributed by atoms with Crippen LogP contribution in [0.15, 0.2) is 24.7 Å². The molecule has 12 nitrogen and oxygen atoms in total. The van der Waals surface area contributed by atoms with E-state index in [0.717, 1.165) is 68.7 Å². The minimum atomic E-state index is -4.89. The molecule has 1 aromatic carbocycles. The Morgan fingerprint density at radius 3 is 2.35 bits per heavy atom. The summed E-state index contributed by atoms with van der Waals surface area (Å²) >= 11 is 6.59. The second-order valence-electron chi connectivity index (χ2n) is 13.6. The maximum Gasteiger partial charge on any atom is 0.418 e. The Morgan fingerprint density at radius 1 is 1.02 bits per heavy atom. The van der Waals surface area contributed by atoms with Crippen LogP contribution in [-0.4, -0.2) is 118 Å². The van der Waals surface area contributed by atoms with E-state index >= 15 is 4.39 Å². The summed E-state index contributed by atoms with van der Waals surface area (Å²) in [5.74, 6) is -1.93. The summed E-state index contributed by atoms with van der Waals surface area (Å²) in [5.41, 5.74) is 2.66. The van der Waals surface area contributed by atoms with Crippen LogP contribution < -0.4 is 15.4 Å². The van der Waals surface area contributed by atoms with Gasteiger partial charge in [0.05, 0.1) is 34.6 Å². The van der Waals surface area contributed by atoms with Gasteiger partial charge in [0.25, 0.3) is 0 Å². The van der Waals surface area contributed by atoms with Crippen molar-refractivity contribution in [2.45, 2.75) is 25.9 Å². The number of benzene rings is 1. The van der Waals surface area contributed by atoms with Gasteiger partial charge in [-0.25, -0.2) is 19.2 Å². The number of alkyl halides is 3. The van der Waals surface area contributed by atoms with Gasteiger partial charge in [-0.1, -0.05) is 11.6 Å². The van der Waals surface area contributed by atoms with Crippen LogP contribution in [-0.2, 0) is 6.18 Å². The highest BCUT2D eigenvalue weighted by Gasteiger charge is 2.45. The van der Waals surface area contributed by atoms with Crippen molar-refractivity contribution in [2.75, 3.05) is 83.2 Å². The summed E-state index contributed by atoms with van der Waals surface area (Å²) in [4.78, 5) is 37.3. The highest BCUT2D eigenvalue weighted by atomic mass is 35.5. The molecule has 2 saturated heterocycles. The highest BCUT2D eigenvalue weighted by molar-refractivity contribution is 6.34. The number of piperazine rings is 2. The molecule has 51 heavy (non-hydrogen) atoms. The zero-order valence-corrected chi connectivity index (χ0v) is 28.7. The third-order valence-electron chi connectivity index (χ3n) is 9.84. The van der Waals surface area contributed by atoms with Crippen molar-refractivity contribution in [1.29, 1.82) is 0 Å². The fraction of sp³-hybridized carbons (Fsp3) is 0.485. The minimum absolute atomic E-state index is 0.124. The fourth-order valence-electron chi connectivity index (χ4n) is 6.82. The van der Waals surface area contributed by atoms with E-state index < -0.39 is 40.8 Å². The first kappa shape index (κ1) is 35.1. The van der Waals surface area contributed by atoms with Crippen molar-refractivity contribution in [3.05, 3.63) is 52.6 Å². The number of nitrogen functional groups attached to an aromatic ring is 1. The SMILES string of the molecule is Cc1cc(N)nc(-c2c(Cl)cc3c(N4CCN(C(=O)n5cnc(F)c5)CC4)nc(OCC4(CN5CCN(C)CC5)CC4)nc3c2F)c1C(F)(F)F. The number of ether oxygens (including phenoxy) is 1. The topological polar surface area (TPSA) is 122 Å². The predicted molar refractivity (Wildman–Crippen MR) is 180 cm³/mol. The van der Waals surface area contributed by atoms with E-state index in [-0.39, 0.29) is 77.3 Å². The zero-order chi connectivity index (χ0) is 36.2. The number of hydrogen-bond donors (Lipinski definition) is 1. The number of nitrogens with two attached hydrogens (primary N) is 1. The van der Waals surface area contributed by atoms with Crippen molar-refractivity contribution >= 4 is 40.2 Å². The van der Waals surface area contributed by atoms with Crippen molar-refractivity contribution in [1.82, 2.24) is 39.2 Å². The molecule has 18 heteroatoms. The molecule has 1 amide bonds. The Balaban J connectivity index is 1.25. The van der Waals surface area contributed by atoms with Gasteiger partial charge in [0.1, 0.15) is 23.5 Å². The van der Waals surface area contributed by atoms with Gasteiger partial charge in [0.2, 0.25) is 5.95 Å². The lowest BCUT2D eigenvalue weighted by Gasteiger charge is -2.36. The largest absolute Gasteiger partial charge is 0.463 e. The quantitative estimate of drug-likeness (QED) is 0.262. The van der Waals surface area contributed by atoms with Crippen molar-refractivity contribution in [3.8, 4) is 17.3 Å². The number of anilines is 2. The summed E-state index contributed by atoms with van der Waals surface area (Å²) in [6, 6.07) is 1.77. The molecule has 5 heterocycles. The predicted octanol–water partition coefficient (Wildman–Crippen LogP) is 4.93. The molecule has 1 saturated carbocycles. The monoisotopic (exact) mass is 734 g/mol. The smallest absolute Gasteiger partial charge is 0.418 e.